The Morgan fingerprint density at radius 1 is 0.682 bits per heavy atom. The van der Waals surface area contributed by atoms with Gasteiger partial charge in [-0.1, -0.05) is 46.3 Å². The van der Waals surface area contributed by atoms with Gasteiger partial charge in [0.2, 0.25) is 0 Å². The highest BCUT2D eigenvalue weighted by molar-refractivity contribution is 5.22. The molecule has 0 bridgehead atoms. The maximum Gasteiger partial charge on any atom is 0.187 e. The molecule has 4 saturated carbocycles. The third-order valence-electron chi connectivity index (χ3n) is 18.7. The zero-order chi connectivity index (χ0) is 48.8. The Morgan fingerprint density at radius 3 is 1.89 bits per heavy atom. The van der Waals surface area contributed by atoms with Crippen molar-refractivity contribution in [2.24, 2.45) is 45.3 Å². The summed E-state index contributed by atoms with van der Waals surface area (Å²) in [5.41, 5.74) is -2.43. The molecule has 0 aromatic rings. The third kappa shape index (κ3) is 8.69. The monoisotopic (exact) mass is 947 g/mol. The van der Waals surface area contributed by atoms with Gasteiger partial charge in [0.25, 0.3) is 0 Å². The number of rotatable bonds is 12. The molecule has 3 aliphatic heterocycles. The molecular formula is C48H82O18. The summed E-state index contributed by atoms with van der Waals surface area (Å²) in [5.74, 6) is -1.12. The first-order valence-electron chi connectivity index (χ1n) is 24.3. The highest BCUT2D eigenvalue weighted by Gasteiger charge is 2.74. The maximum absolute atomic E-state index is 12.7. The first-order valence-corrected chi connectivity index (χ1v) is 24.3. The van der Waals surface area contributed by atoms with Crippen molar-refractivity contribution in [2.75, 3.05) is 13.2 Å². The van der Waals surface area contributed by atoms with Crippen LogP contribution >= 0.6 is 0 Å². The Kier molecular flexibility index (Phi) is 15.4. The molecule has 7 fully saturated rings. The van der Waals surface area contributed by atoms with E-state index in [-0.39, 0.29) is 23.7 Å². The Balaban J connectivity index is 1.27. The van der Waals surface area contributed by atoms with Crippen molar-refractivity contribution < 1.29 is 89.7 Å². The van der Waals surface area contributed by atoms with Gasteiger partial charge in [-0.05, 0) is 124 Å². The van der Waals surface area contributed by atoms with Crippen molar-refractivity contribution in [1.82, 2.24) is 0 Å². The summed E-state index contributed by atoms with van der Waals surface area (Å²) in [4.78, 5) is 0. The second-order valence-corrected chi connectivity index (χ2v) is 23.0. The van der Waals surface area contributed by atoms with Crippen LogP contribution in [0.3, 0.4) is 0 Å². The van der Waals surface area contributed by atoms with Crippen molar-refractivity contribution >= 4 is 0 Å². The van der Waals surface area contributed by atoms with E-state index in [4.69, 9.17) is 28.4 Å². The van der Waals surface area contributed by atoms with Crippen LogP contribution < -0.4 is 0 Å². The van der Waals surface area contributed by atoms with Crippen LogP contribution in [0.25, 0.3) is 0 Å². The SMILES string of the molecule is CC(C)=CCC[C@](C)(O[C@@H]1O[C@H](CO)[C@@H](O)[C@H](O)[C@H]1O)C1CC[C@]2(C)C1[C@H](O)C[C@@H]1[C@@]3(C)CC[C@H](O)C(C)(C)[C@@H]3[C@@H](O[C@@H]3O[C@H](CO)[C@@H](O)[C@H](O)[C@H]3O[C@@H]3O[C@@H](C)[C@H](O)[C@@H](O)[C@H]3O)C[C@]12C. The summed E-state index contributed by atoms with van der Waals surface area (Å²) in [6.07, 6.45) is -18.3. The van der Waals surface area contributed by atoms with Gasteiger partial charge in [0.15, 0.2) is 18.9 Å². The van der Waals surface area contributed by atoms with Crippen molar-refractivity contribution in [1.29, 1.82) is 0 Å². The minimum Gasteiger partial charge on any atom is -0.394 e. The number of aliphatic hydroxyl groups is 12. The van der Waals surface area contributed by atoms with Gasteiger partial charge in [0.05, 0.1) is 43.2 Å². The van der Waals surface area contributed by atoms with E-state index >= 15 is 0 Å². The van der Waals surface area contributed by atoms with Crippen LogP contribution in [0.15, 0.2) is 11.6 Å². The fourth-order valence-corrected chi connectivity index (χ4v) is 14.9. The Morgan fingerprint density at radius 2 is 1.27 bits per heavy atom. The van der Waals surface area contributed by atoms with E-state index in [1.165, 1.54) is 6.92 Å². The van der Waals surface area contributed by atoms with Gasteiger partial charge < -0.3 is 89.7 Å². The average molecular weight is 947 g/mol. The summed E-state index contributed by atoms with van der Waals surface area (Å²) >= 11 is 0. The van der Waals surface area contributed by atoms with E-state index in [1.54, 1.807) is 0 Å². The molecule has 0 amide bonds. The van der Waals surface area contributed by atoms with Crippen molar-refractivity contribution in [2.45, 2.75) is 230 Å². The lowest BCUT2D eigenvalue weighted by molar-refractivity contribution is -0.382. The number of allylic oxidation sites excluding steroid dienone is 2. The lowest BCUT2D eigenvalue weighted by atomic mass is 9.34. The predicted molar refractivity (Wildman–Crippen MR) is 234 cm³/mol. The van der Waals surface area contributed by atoms with Gasteiger partial charge in [-0.3, -0.25) is 0 Å². The van der Waals surface area contributed by atoms with Gasteiger partial charge in [-0.15, -0.1) is 0 Å². The first kappa shape index (κ1) is 52.8. The van der Waals surface area contributed by atoms with Crippen molar-refractivity contribution in [3.63, 3.8) is 0 Å². The second kappa shape index (κ2) is 19.2. The van der Waals surface area contributed by atoms with Crippen LogP contribution in [0.1, 0.15) is 114 Å². The molecule has 7 aliphatic rings. The molecular weight excluding hydrogens is 865 g/mol. The Labute approximate surface area is 388 Å². The first-order chi connectivity index (χ1) is 30.7. The Hall–Kier alpha value is -0.980. The van der Waals surface area contributed by atoms with Gasteiger partial charge >= 0.3 is 0 Å². The number of fused-ring (bicyclic) bond motifs is 5. The molecule has 4 aliphatic carbocycles. The number of hydrogen-bond donors (Lipinski definition) is 12. The van der Waals surface area contributed by atoms with E-state index in [9.17, 15) is 61.3 Å². The molecule has 0 radical (unpaired) electrons. The van der Waals surface area contributed by atoms with E-state index in [1.807, 2.05) is 34.6 Å². The number of ether oxygens (including phenoxy) is 6. The largest absolute Gasteiger partial charge is 0.394 e. The van der Waals surface area contributed by atoms with Crippen LogP contribution in [0.2, 0.25) is 0 Å². The van der Waals surface area contributed by atoms with Gasteiger partial charge in [-0.2, -0.15) is 0 Å². The quantitative estimate of drug-likeness (QED) is 0.0904. The smallest absolute Gasteiger partial charge is 0.187 e. The maximum atomic E-state index is 12.7. The molecule has 18 nitrogen and oxygen atoms in total. The van der Waals surface area contributed by atoms with Crippen LogP contribution in [-0.4, -0.2) is 191 Å². The third-order valence-corrected chi connectivity index (χ3v) is 18.7. The minimum absolute atomic E-state index is 0.0861. The summed E-state index contributed by atoms with van der Waals surface area (Å²) in [7, 11) is 0. The van der Waals surface area contributed by atoms with Gasteiger partial charge in [-0.25, -0.2) is 0 Å². The minimum atomic E-state index is -1.75. The van der Waals surface area contributed by atoms with Gasteiger partial charge in [0.1, 0.15) is 67.1 Å². The predicted octanol–water partition coefficient (Wildman–Crippen LogP) is -0.0284. The lowest BCUT2D eigenvalue weighted by Crippen LogP contribution is -2.71. The summed E-state index contributed by atoms with van der Waals surface area (Å²) in [6, 6.07) is 0. The normalized spacial score (nSPS) is 53.5. The van der Waals surface area contributed by atoms with Crippen molar-refractivity contribution in [3.05, 3.63) is 11.6 Å². The molecule has 0 spiro atoms. The second-order valence-electron chi connectivity index (χ2n) is 23.0. The zero-order valence-corrected chi connectivity index (χ0v) is 40.2. The molecule has 3 saturated heterocycles. The molecule has 26 atom stereocenters. The average Bonchev–Trinajstić information content (AvgIpc) is 3.64. The molecule has 7 rings (SSSR count). The molecule has 382 valence electrons. The fraction of sp³-hybridized carbons (Fsp3) is 0.958. The van der Waals surface area contributed by atoms with Gasteiger partial charge in [0, 0.05) is 0 Å². The van der Waals surface area contributed by atoms with E-state index < -0.39 is 151 Å². The molecule has 0 aromatic heterocycles. The lowest BCUT2D eigenvalue weighted by Gasteiger charge is -2.72. The van der Waals surface area contributed by atoms with Crippen LogP contribution in [0.4, 0.5) is 0 Å². The van der Waals surface area contributed by atoms with E-state index in [0.717, 1.165) is 5.57 Å². The van der Waals surface area contributed by atoms with Crippen LogP contribution in [-0.2, 0) is 28.4 Å². The molecule has 3 heterocycles. The Bertz CT molecular complexity index is 1700. The summed E-state index contributed by atoms with van der Waals surface area (Å²) in [6.45, 7) is 16.8. The van der Waals surface area contributed by atoms with Crippen LogP contribution in [0, 0.1) is 45.3 Å². The molecule has 18 heteroatoms. The topological polar surface area (TPSA) is 298 Å². The molecule has 2 unspecified atom stereocenters. The number of aliphatic hydroxyl groups excluding tert-OH is 12. The molecule has 12 N–H and O–H groups in total. The van der Waals surface area contributed by atoms with E-state index in [0.29, 0.717) is 51.4 Å². The molecule has 66 heavy (non-hydrogen) atoms. The highest BCUT2D eigenvalue weighted by Crippen LogP contribution is 2.76. The highest BCUT2D eigenvalue weighted by atomic mass is 16.8. The molecule has 0 aromatic carbocycles. The van der Waals surface area contributed by atoms with E-state index in [2.05, 4.69) is 26.8 Å². The number of hydrogen-bond acceptors (Lipinski definition) is 18. The summed E-state index contributed by atoms with van der Waals surface area (Å²) in [5, 5.41) is 132. The zero-order valence-electron chi connectivity index (χ0n) is 40.2. The van der Waals surface area contributed by atoms with Crippen molar-refractivity contribution in [3.8, 4) is 0 Å². The van der Waals surface area contributed by atoms with Crippen LogP contribution in [0.5, 0.6) is 0 Å². The standard InChI is InChI=1S/C48H82O18/c1-21(2)11-10-14-48(9,66-42-38(60)35(57)32(54)26(19-49)63-42)23-12-16-46(7)30(23)24(51)17-28-45(6)15-13-29(52)44(4,5)40(45)25(18-47(28,46)8)62-43-39(36(58)33(55)27(20-50)64-43)65-41-37(59)34(56)31(53)22(3)61-41/h11,22-43,49-60H,10,12-20H2,1-9H3/t22-,23?,24+,25-,26+,27+,28+,29-,30?,31-,32+,33+,34+,35-,36-,37+,38+,39+,40-,41-,42-,43+,45+,46+,47+,48-/m0/s1. The fourth-order valence-electron chi connectivity index (χ4n) is 14.9. The summed E-state index contributed by atoms with van der Waals surface area (Å²) < 4.78 is 38.1.